The highest BCUT2D eigenvalue weighted by molar-refractivity contribution is 5.85. The van der Waals surface area contributed by atoms with E-state index in [-0.39, 0.29) is 24.4 Å². The molecule has 0 spiro atoms. The van der Waals surface area contributed by atoms with Crippen LogP contribution in [0.5, 0.6) is 0 Å². The molecular weight excluding hydrogens is 264 g/mol. The molecule has 1 heterocycles. The minimum absolute atomic E-state index is 0. The number of rotatable bonds is 4. The Balaban J connectivity index is 0.00000133. The van der Waals surface area contributed by atoms with Gasteiger partial charge in [0.1, 0.15) is 0 Å². The van der Waals surface area contributed by atoms with Gasteiger partial charge in [0.15, 0.2) is 0 Å². The lowest BCUT2D eigenvalue weighted by molar-refractivity contribution is -0.124. The van der Waals surface area contributed by atoms with Gasteiger partial charge in [-0.3, -0.25) is 4.79 Å². The van der Waals surface area contributed by atoms with E-state index in [0.717, 1.165) is 44.0 Å². The molecule has 5 heteroatoms. The van der Waals surface area contributed by atoms with E-state index in [0.29, 0.717) is 6.42 Å². The van der Waals surface area contributed by atoms with Gasteiger partial charge in [-0.15, -0.1) is 12.4 Å². The molecular formula is C14H25ClN2O2. The van der Waals surface area contributed by atoms with E-state index in [1.165, 1.54) is 25.7 Å². The van der Waals surface area contributed by atoms with Crippen molar-refractivity contribution < 1.29 is 9.53 Å². The molecule has 4 unspecified atom stereocenters. The highest BCUT2D eigenvalue weighted by atomic mass is 35.5. The van der Waals surface area contributed by atoms with Gasteiger partial charge >= 0.3 is 0 Å². The maximum atomic E-state index is 11.9. The lowest BCUT2D eigenvalue weighted by Gasteiger charge is -2.24. The highest BCUT2D eigenvalue weighted by Crippen LogP contribution is 2.47. The number of nitrogens with one attached hydrogen (secondary N) is 2. The van der Waals surface area contributed by atoms with Gasteiger partial charge in [0.05, 0.1) is 19.1 Å². The van der Waals surface area contributed by atoms with Crippen LogP contribution in [0.4, 0.5) is 0 Å². The molecule has 3 aliphatic rings. The summed E-state index contributed by atoms with van der Waals surface area (Å²) in [5, 5.41) is 6.36. The SMILES string of the molecule is Cl.O=C(CC1CNCCO1)NCC1CC2CCC1C2. The monoisotopic (exact) mass is 288 g/mol. The maximum Gasteiger partial charge on any atom is 0.222 e. The van der Waals surface area contributed by atoms with Crippen molar-refractivity contribution in [2.24, 2.45) is 17.8 Å². The zero-order valence-electron chi connectivity index (χ0n) is 11.4. The molecule has 0 radical (unpaired) electrons. The first-order chi connectivity index (χ1) is 8.81. The van der Waals surface area contributed by atoms with Crippen LogP contribution in [0.2, 0.25) is 0 Å². The Kier molecular flexibility index (Phi) is 5.48. The molecule has 1 amide bonds. The Morgan fingerprint density at radius 2 is 2.21 bits per heavy atom. The lowest BCUT2D eigenvalue weighted by atomic mass is 9.89. The van der Waals surface area contributed by atoms with Crippen LogP contribution in [0.3, 0.4) is 0 Å². The van der Waals surface area contributed by atoms with Crippen molar-refractivity contribution in [1.82, 2.24) is 10.6 Å². The largest absolute Gasteiger partial charge is 0.375 e. The summed E-state index contributed by atoms with van der Waals surface area (Å²) in [4.78, 5) is 11.9. The van der Waals surface area contributed by atoms with Gasteiger partial charge in [0.2, 0.25) is 5.91 Å². The van der Waals surface area contributed by atoms with E-state index in [9.17, 15) is 4.79 Å². The zero-order chi connectivity index (χ0) is 12.4. The average Bonchev–Trinajstić information content (AvgIpc) is 3.00. The molecule has 2 saturated carbocycles. The molecule has 2 bridgehead atoms. The Bertz CT molecular complexity index is 308. The summed E-state index contributed by atoms with van der Waals surface area (Å²) < 4.78 is 5.55. The number of fused-ring (bicyclic) bond motifs is 2. The first-order valence-corrected chi connectivity index (χ1v) is 7.40. The number of carbonyl (C=O) groups is 1. The number of ether oxygens (including phenoxy) is 1. The molecule has 1 aliphatic heterocycles. The summed E-state index contributed by atoms with van der Waals surface area (Å²) in [5.74, 6) is 2.76. The van der Waals surface area contributed by atoms with Gasteiger partial charge in [-0.05, 0) is 37.0 Å². The number of amides is 1. The summed E-state index contributed by atoms with van der Waals surface area (Å²) in [6, 6.07) is 0. The number of carbonyl (C=O) groups excluding carboxylic acids is 1. The fourth-order valence-electron chi connectivity index (χ4n) is 3.90. The fourth-order valence-corrected chi connectivity index (χ4v) is 3.90. The van der Waals surface area contributed by atoms with Crippen molar-refractivity contribution in [3.63, 3.8) is 0 Å². The molecule has 2 N–H and O–H groups in total. The van der Waals surface area contributed by atoms with Gasteiger partial charge in [0, 0.05) is 19.6 Å². The molecule has 110 valence electrons. The van der Waals surface area contributed by atoms with Crippen molar-refractivity contribution in [2.45, 2.75) is 38.2 Å². The number of morpholine rings is 1. The highest BCUT2D eigenvalue weighted by Gasteiger charge is 2.39. The van der Waals surface area contributed by atoms with Gasteiger partial charge < -0.3 is 15.4 Å². The van der Waals surface area contributed by atoms with Crippen LogP contribution in [-0.2, 0) is 9.53 Å². The second-order valence-electron chi connectivity index (χ2n) is 6.14. The molecule has 0 aromatic carbocycles. The zero-order valence-corrected chi connectivity index (χ0v) is 12.2. The fraction of sp³-hybridized carbons (Fsp3) is 0.929. The van der Waals surface area contributed by atoms with Crippen molar-refractivity contribution in [3.05, 3.63) is 0 Å². The van der Waals surface area contributed by atoms with E-state index in [1.54, 1.807) is 0 Å². The molecule has 4 atom stereocenters. The van der Waals surface area contributed by atoms with Crippen LogP contribution < -0.4 is 10.6 Å². The van der Waals surface area contributed by atoms with Gasteiger partial charge in [-0.2, -0.15) is 0 Å². The Hall–Kier alpha value is -0.320. The first-order valence-electron chi connectivity index (χ1n) is 7.40. The summed E-state index contributed by atoms with van der Waals surface area (Å²) in [5.41, 5.74) is 0. The van der Waals surface area contributed by atoms with Crippen LogP contribution >= 0.6 is 12.4 Å². The molecule has 4 nitrogen and oxygen atoms in total. The smallest absolute Gasteiger partial charge is 0.222 e. The summed E-state index contributed by atoms with van der Waals surface area (Å²) in [6.07, 6.45) is 6.15. The standard InChI is InChI=1S/C14H24N2O2.ClH/c17-14(7-13-9-15-3-4-18-13)16-8-12-6-10-1-2-11(12)5-10;/h10-13,15H,1-9H2,(H,16,17);1H. The van der Waals surface area contributed by atoms with E-state index in [1.807, 2.05) is 0 Å². The maximum absolute atomic E-state index is 11.9. The van der Waals surface area contributed by atoms with E-state index in [4.69, 9.17) is 4.74 Å². The Labute approximate surface area is 121 Å². The third-order valence-corrected chi connectivity index (χ3v) is 4.86. The third kappa shape index (κ3) is 3.83. The predicted molar refractivity (Wildman–Crippen MR) is 76.4 cm³/mol. The molecule has 1 saturated heterocycles. The van der Waals surface area contributed by atoms with Crippen LogP contribution in [0.15, 0.2) is 0 Å². The second kappa shape index (κ2) is 6.91. The van der Waals surface area contributed by atoms with Gasteiger partial charge in [0.25, 0.3) is 0 Å². The number of hydrogen-bond acceptors (Lipinski definition) is 3. The van der Waals surface area contributed by atoms with Crippen LogP contribution in [0.1, 0.15) is 32.1 Å². The molecule has 3 fully saturated rings. The van der Waals surface area contributed by atoms with Crippen LogP contribution in [0, 0.1) is 17.8 Å². The van der Waals surface area contributed by atoms with Crippen LogP contribution in [0.25, 0.3) is 0 Å². The summed E-state index contributed by atoms with van der Waals surface area (Å²) in [7, 11) is 0. The van der Waals surface area contributed by atoms with Crippen molar-refractivity contribution >= 4 is 18.3 Å². The average molecular weight is 289 g/mol. The second-order valence-corrected chi connectivity index (χ2v) is 6.14. The van der Waals surface area contributed by atoms with E-state index >= 15 is 0 Å². The third-order valence-electron chi connectivity index (χ3n) is 4.86. The molecule has 0 aromatic rings. The van der Waals surface area contributed by atoms with Gasteiger partial charge in [-0.1, -0.05) is 6.42 Å². The summed E-state index contributed by atoms with van der Waals surface area (Å²) >= 11 is 0. The first kappa shape index (κ1) is 15.1. The normalized spacial score (nSPS) is 36.8. The van der Waals surface area contributed by atoms with Crippen molar-refractivity contribution in [2.75, 3.05) is 26.2 Å². The number of hydrogen-bond donors (Lipinski definition) is 2. The Morgan fingerprint density at radius 3 is 2.84 bits per heavy atom. The molecule has 3 rings (SSSR count). The predicted octanol–water partition coefficient (Wildman–Crippen LogP) is 1.34. The Morgan fingerprint density at radius 1 is 1.32 bits per heavy atom. The van der Waals surface area contributed by atoms with Gasteiger partial charge in [-0.25, -0.2) is 0 Å². The van der Waals surface area contributed by atoms with Crippen molar-refractivity contribution in [1.29, 1.82) is 0 Å². The lowest BCUT2D eigenvalue weighted by Crippen LogP contribution is -2.42. The van der Waals surface area contributed by atoms with Crippen molar-refractivity contribution in [3.8, 4) is 0 Å². The molecule has 19 heavy (non-hydrogen) atoms. The van der Waals surface area contributed by atoms with E-state index < -0.39 is 0 Å². The molecule has 2 aliphatic carbocycles. The topological polar surface area (TPSA) is 50.4 Å². The minimum Gasteiger partial charge on any atom is -0.375 e. The minimum atomic E-state index is 0. The van der Waals surface area contributed by atoms with Crippen LogP contribution in [-0.4, -0.2) is 38.3 Å². The quantitative estimate of drug-likeness (QED) is 0.821. The van der Waals surface area contributed by atoms with E-state index in [2.05, 4.69) is 10.6 Å². The summed E-state index contributed by atoms with van der Waals surface area (Å²) in [6.45, 7) is 3.33. The molecule has 0 aromatic heterocycles. The number of halogens is 1.